The van der Waals surface area contributed by atoms with E-state index in [1.54, 1.807) is 4.90 Å². The van der Waals surface area contributed by atoms with Crippen LogP contribution in [0.15, 0.2) is 0 Å². The van der Waals surface area contributed by atoms with E-state index in [9.17, 15) is 13.2 Å². The van der Waals surface area contributed by atoms with E-state index < -0.39 is 12.7 Å². The van der Waals surface area contributed by atoms with Gasteiger partial charge in [-0.2, -0.15) is 13.2 Å². The Labute approximate surface area is 114 Å². The van der Waals surface area contributed by atoms with Gasteiger partial charge in [-0.15, -0.1) is 0 Å². The van der Waals surface area contributed by atoms with E-state index in [4.69, 9.17) is 0 Å². The van der Waals surface area contributed by atoms with Gasteiger partial charge in [-0.05, 0) is 45.2 Å². The number of nitrogens with one attached hydrogen (secondary N) is 1. The van der Waals surface area contributed by atoms with Crippen LogP contribution in [0.3, 0.4) is 0 Å². The van der Waals surface area contributed by atoms with E-state index in [2.05, 4.69) is 12.2 Å². The first-order valence-electron chi connectivity index (χ1n) is 7.50. The molecule has 1 N–H and O–H groups in total. The van der Waals surface area contributed by atoms with Crippen molar-refractivity contribution < 1.29 is 13.2 Å². The Kier molecular flexibility index (Phi) is 7.15. The molecule has 5 heteroatoms. The SMILES string of the molecule is CCCNC1CCCC(N(CCC)CC(F)(F)F)C1. The molecule has 2 atom stereocenters. The summed E-state index contributed by atoms with van der Waals surface area (Å²) >= 11 is 0. The van der Waals surface area contributed by atoms with Crippen molar-refractivity contribution in [3.63, 3.8) is 0 Å². The largest absolute Gasteiger partial charge is 0.401 e. The fourth-order valence-electron chi connectivity index (χ4n) is 2.94. The van der Waals surface area contributed by atoms with Crippen molar-refractivity contribution in [2.24, 2.45) is 0 Å². The van der Waals surface area contributed by atoms with Crippen LogP contribution in [0.5, 0.6) is 0 Å². The van der Waals surface area contributed by atoms with Crippen molar-refractivity contribution in [3.05, 3.63) is 0 Å². The highest BCUT2D eigenvalue weighted by atomic mass is 19.4. The lowest BCUT2D eigenvalue weighted by Gasteiger charge is -2.38. The third-order valence-electron chi connectivity index (χ3n) is 3.74. The van der Waals surface area contributed by atoms with E-state index >= 15 is 0 Å². The Morgan fingerprint density at radius 3 is 2.47 bits per heavy atom. The number of hydrogen-bond acceptors (Lipinski definition) is 2. The van der Waals surface area contributed by atoms with Crippen LogP contribution in [0, 0.1) is 0 Å². The Bertz CT molecular complexity index is 243. The molecule has 0 spiro atoms. The predicted octanol–water partition coefficient (Wildman–Crippen LogP) is 3.57. The van der Waals surface area contributed by atoms with Crippen molar-refractivity contribution in [1.82, 2.24) is 10.2 Å². The van der Waals surface area contributed by atoms with E-state index in [1.165, 1.54) is 0 Å². The highest BCUT2D eigenvalue weighted by Crippen LogP contribution is 2.26. The maximum atomic E-state index is 12.6. The standard InChI is InChI=1S/C14H27F3N2/c1-3-8-18-12-6-5-7-13(10-12)19(9-4-2)11-14(15,16)17/h12-13,18H,3-11H2,1-2H3. The maximum Gasteiger partial charge on any atom is 0.401 e. The summed E-state index contributed by atoms with van der Waals surface area (Å²) in [7, 11) is 0. The third-order valence-corrected chi connectivity index (χ3v) is 3.74. The lowest BCUT2D eigenvalue weighted by molar-refractivity contribution is -0.152. The second kappa shape index (κ2) is 8.10. The molecule has 0 aliphatic heterocycles. The molecule has 0 bridgehead atoms. The lowest BCUT2D eigenvalue weighted by atomic mass is 9.89. The topological polar surface area (TPSA) is 15.3 Å². The van der Waals surface area contributed by atoms with Crippen molar-refractivity contribution >= 4 is 0 Å². The molecule has 1 saturated carbocycles. The number of halogens is 3. The fourth-order valence-corrected chi connectivity index (χ4v) is 2.94. The molecule has 19 heavy (non-hydrogen) atoms. The van der Waals surface area contributed by atoms with Crippen LogP contribution in [0.2, 0.25) is 0 Å². The summed E-state index contributed by atoms with van der Waals surface area (Å²) in [5.74, 6) is 0. The molecule has 2 nitrogen and oxygen atoms in total. The Morgan fingerprint density at radius 2 is 1.89 bits per heavy atom. The molecule has 1 aliphatic rings. The highest BCUT2D eigenvalue weighted by molar-refractivity contribution is 4.84. The molecule has 1 aliphatic carbocycles. The molecular weight excluding hydrogens is 253 g/mol. The van der Waals surface area contributed by atoms with Crippen LogP contribution in [0.25, 0.3) is 0 Å². The van der Waals surface area contributed by atoms with Gasteiger partial charge < -0.3 is 5.32 Å². The number of hydrogen-bond donors (Lipinski definition) is 1. The average Bonchev–Trinajstić information content (AvgIpc) is 2.35. The molecule has 0 radical (unpaired) electrons. The highest BCUT2D eigenvalue weighted by Gasteiger charge is 2.35. The first kappa shape index (κ1) is 16.8. The second-order valence-electron chi connectivity index (χ2n) is 5.56. The number of rotatable bonds is 7. The van der Waals surface area contributed by atoms with Crippen LogP contribution in [0.4, 0.5) is 13.2 Å². The predicted molar refractivity (Wildman–Crippen MR) is 72.3 cm³/mol. The van der Waals surface area contributed by atoms with Crippen LogP contribution in [0.1, 0.15) is 52.4 Å². The smallest absolute Gasteiger partial charge is 0.314 e. The zero-order valence-corrected chi connectivity index (χ0v) is 12.1. The van der Waals surface area contributed by atoms with Gasteiger partial charge in [0.25, 0.3) is 0 Å². The maximum absolute atomic E-state index is 12.6. The van der Waals surface area contributed by atoms with Gasteiger partial charge in [0.15, 0.2) is 0 Å². The molecule has 1 fully saturated rings. The van der Waals surface area contributed by atoms with Gasteiger partial charge in [0.2, 0.25) is 0 Å². The number of nitrogens with zero attached hydrogens (tertiary/aromatic N) is 1. The summed E-state index contributed by atoms with van der Waals surface area (Å²) in [5.41, 5.74) is 0. The monoisotopic (exact) mass is 280 g/mol. The minimum atomic E-state index is -4.08. The van der Waals surface area contributed by atoms with Gasteiger partial charge in [0.1, 0.15) is 0 Å². The first-order valence-corrected chi connectivity index (χ1v) is 7.50. The van der Waals surface area contributed by atoms with E-state index in [1.807, 2.05) is 6.92 Å². The molecule has 0 amide bonds. The molecule has 0 aromatic rings. The van der Waals surface area contributed by atoms with Gasteiger partial charge >= 0.3 is 6.18 Å². The van der Waals surface area contributed by atoms with Gasteiger partial charge in [-0.1, -0.05) is 20.3 Å². The summed E-state index contributed by atoms with van der Waals surface area (Å²) in [4.78, 5) is 1.64. The van der Waals surface area contributed by atoms with Gasteiger partial charge in [-0.3, -0.25) is 4.90 Å². The number of alkyl halides is 3. The quantitative estimate of drug-likeness (QED) is 0.767. The Balaban J connectivity index is 2.52. The summed E-state index contributed by atoms with van der Waals surface area (Å²) in [6, 6.07) is 0.482. The average molecular weight is 280 g/mol. The van der Waals surface area contributed by atoms with E-state index in [0.29, 0.717) is 12.6 Å². The van der Waals surface area contributed by atoms with Crippen LogP contribution in [-0.4, -0.2) is 42.8 Å². The minimum absolute atomic E-state index is 0.0877. The molecule has 0 heterocycles. The molecule has 114 valence electrons. The fraction of sp³-hybridized carbons (Fsp3) is 1.00. The van der Waals surface area contributed by atoms with Crippen molar-refractivity contribution in [3.8, 4) is 0 Å². The minimum Gasteiger partial charge on any atom is -0.314 e. The van der Waals surface area contributed by atoms with Gasteiger partial charge in [-0.25, -0.2) is 0 Å². The van der Waals surface area contributed by atoms with Gasteiger partial charge in [0.05, 0.1) is 6.54 Å². The van der Waals surface area contributed by atoms with E-state index in [0.717, 1.165) is 45.1 Å². The van der Waals surface area contributed by atoms with Crippen LogP contribution >= 0.6 is 0 Å². The van der Waals surface area contributed by atoms with Crippen LogP contribution in [-0.2, 0) is 0 Å². The van der Waals surface area contributed by atoms with E-state index in [-0.39, 0.29) is 6.04 Å². The van der Waals surface area contributed by atoms with Crippen molar-refractivity contribution in [2.75, 3.05) is 19.6 Å². The zero-order valence-electron chi connectivity index (χ0n) is 12.1. The summed E-state index contributed by atoms with van der Waals surface area (Å²) in [5, 5.41) is 3.45. The lowest BCUT2D eigenvalue weighted by Crippen LogP contribution is -2.47. The third kappa shape index (κ3) is 6.61. The normalized spacial score (nSPS) is 24.9. The first-order chi connectivity index (χ1) is 8.96. The zero-order chi connectivity index (χ0) is 14.3. The summed E-state index contributed by atoms with van der Waals surface area (Å²) < 4.78 is 37.9. The molecule has 0 saturated heterocycles. The van der Waals surface area contributed by atoms with Gasteiger partial charge in [0, 0.05) is 12.1 Å². The summed E-state index contributed by atoms with van der Waals surface area (Å²) in [6.45, 7) is 4.81. The molecule has 0 aromatic heterocycles. The van der Waals surface area contributed by atoms with Crippen molar-refractivity contribution in [1.29, 1.82) is 0 Å². The Hall–Kier alpha value is -0.290. The van der Waals surface area contributed by atoms with Crippen molar-refractivity contribution in [2.45, 2.75) is 70.6 Å². The Morgan fingerprint density at radius 1 is 1.16 bits per heavy atom. The molecular formula is C14H27F3N2. The van der Waals surface area contributed by atoms with Crippen LogP contribution < -0.4 is 5.32 Å². The molecule has 1 rings (SSSR count). The summed E-state index contributed by atoms with van der Waals surface area (Å²) in [6.07, 6.45) is 1.66. The second-order valence-corrected chi connectivity index (χ2v) is 5.56. The molecule has 2 unspecified atom stereocenters. The molecule has 0 aromatic carbocycles.